The van der Waals surface area contributed by atoms with E-state index in [0.29, 0.717) is 5.91 Å². The second-order valence-corrected chi connectivity index (χ2v) is 6.76. The van der Waals surface area contributed by atoms with Gasteiger partial charge in [0.15, 0.2) is 0 Å². The van der Waals surface area contributed by atoms with Gasteiger partial charge in [0, 0.05) is 37.7 Å². The van der Waals surface area contributed by atoms with E-state index in [1.165, 1.54) is 0 Å². The molecule has 0 bridgehead atoms. The van der Waals surface area contributed by atoms with E-state index in [1.807, 2.05) is 11.8 Å². The zero-order valence-corrected chi connectivity index (χ0v) is 12.3. The number of hydrogen-bond donors (Lipinski definition) is 1. The molecule has 0 spiro atoms. The van der Waals surface area contributed by atoms with E-state index in [9.17, 15) is 4.79 Å². The number of amides is 1. The Morgan fingerprint density at radius 2 is 2.11 bits per heavy atom. The topological polar surface area (TPSA) is 35.6 Å². The molecule has 4 nitrogen and oxygen atoms in total. The van der Waals surface area contributed by atoms with Crippen molar-refractivity contribution in [3.63, 3.8) is 0 Å². The SMILES string of the molecule is CN(C)CC1CCN(C(=O)C2CSCCN2)CC1. The molecule has 104 valence electrons. The molecule has 1 amide bonds. The lowest BCUT2D eigenvalue weighted by Crippen LogP contribution is -2.52. The van der Waals surface area contributed by atoms with Crippen molar-refractivity contribution in [2.24, 2.45) is 5.92 Å². The van der Waals surface area contributed by atoms with Crippen LogP contribution in [-0.4, -0.2) is 73.5 Å². The summed E-state index contributed by atoms with van der Waals surface area (Å²) >= 11 is 1.89. The minimum atomic E-state index is 0.0640. The summed E-state index contributed by atoms with van der Waals surface area (Å²) in [4.78, 5) is 16.6. The molecule has 0 aromatic carbocycles. The first-order chi connectivity index (χ1) is 8.66. The number of hydrogen-bond acceptors (Lipinski definition) is 4. The largest absolute Gasteiger partial charge is 0.341 e. The number of likely N-dealkylation sites (tertiary alicyclic amines) is 1. The maximum absolute atomic E-state index is 12.3. The zero-order chi connectivity index (χ0) is 13.0. The van der Waals surface area contributed by atoms with Crippen LogP contribution in [-0.2, 0) is 4.79 Å². The quantitative estimate of drug-likeness (QED) is 0.810. The second kappa shape index (κ2) is 6.78. The fourth-order valence-corrected chi connectivity index (χ4v) is 3.72. The number of carbonyl (C=O) groups is 1. The van der Waals surface area contributed by atoms with Crippen LogP contribution >= 0.6 is 11.8 Å². The van der Waals surface area contributed by atoms with E-state index in [2.05, 4.69) is 29.2 Å². The van der Waals surface area contributed by atoms with Gasteiger partial charge >= 0.3 is 0 Å². The standard InChI is InChI=1S/C13H25N3OS/c1-15(2)9-11-3-6-16(7-4-11)13(17)12-10-18-8-5-14-12/h11-12,14H,3-10H2,1-2H3. The fraction of sp³-hybridized carbons (Fsp3) is 0.923. The summed E-state index contributed by atoms with van der Waals surface area (Å²) < 4.78 is 0. The van der Waals surface area contributed by atoms with Crippen molar-refractivity contribution in [3.8, 4) is 0 Å². The van der Waals surface area contributed by atoms with Crippen molar-refractivity contribution >= 4 is 17.7 Å². The van der Waals surface area contributed by atoms with Crippen molar-refractivity contribution in [3.05, 3.63) is 0 Å². The van der Waals surface area contributed by atoms with Crippen LogP contribution in [0.3, 0.4) is 0 Å². The van der Waals surface area contributed by atoms with Gasteiger partial charge in [-0.1, -0.05) is 0 Å². The van der Waals surface area contributed by atoms with Crippen LogP contribution in [0, 0.1) is 5.92 Å². The van der Waals surface area contributed by atoms with Gasteiger partial charge in [0.2, 0.25) is 5.91 Å². The molecular formula is C13H25N3OS. The number of piperidine rings is 1. The average Bonchev–Trinajstić information content (AvgIpc) is 2.39. The molecule has 18 heavy (non-hydrogen) atoms. The molecule has 5 heteroatoms. The lowest BCUT2D eigenvalue weighted by Gasteiger charge is -2.36. The molecule has 0 radical (unpaired) electrons. The van der Waals surface area contributed by atoms with Crippen LogP contribution in [0.4, 0.5) is 0 Å². The minimum absolute atomic E-state index is 0.0640. The second-order valence-electron chi connectivity index (χ2n) is 5.61. The molecule has 2 rings (SSSR count). The van der Waals surface area contributed by atoms with E-state index in [0.717, 1.165) is 56.4 Å². The summed E-state index contributed by atoms with van der Waals surface area (Å²) in [5.74, 6) is 3.16. The first kappa shape index (κ1) is 14.2. The third kappa shape index (κ3) is 3.87. The van der Waals surface area contributed by atoms with Gasteiger partial charge in [0.25, 0.3) is 0 Å². The summed E-state index contributed by atoms with van der Waals surface area (Å²) in [6, 6.07) is 0.0640. The van der Waals surface area contributed by atoms with Crippen molar-refractivity contribution in [1.29, 1.82) is 0 Å². The first-order valence-electron chi connectivity index (χ1n) is 6.91. The molecule has 0 aromatic heterocycles. The van der Waals surface area contributed by atoms with Gasteiger partial charge in [-0.05, 0) is 32.9 Å². The average molecular weight is 271 g/mol. The maximum atomic E-state index is 12.3. The molecular weight excluding hydrogens is 246 g/mol. The van der Waals surface area contributed by atoms with E-state index in [-0.39, 0.29) is 6.04 Å². The summed E-state index contributed by atoms with van der Waals surface area (Å²) in [6.07, 6.45) is 2.31. The van der Waals surface area contributed by atoms with E-state index in [4.69, 9.17) is 0 Å². The molecule has 0 aromatic rings. The molecule has 2 saturated heterocycles. The Hall–Kier alpha value is -0.260. The molecule has 2 heterocycles. The van der Waals surface area contributed by atoms with Crippen molar-refractivity contribution in [2.75, 3.05) is 51.8 Å². The van der Waals surface area contributed by atoms with Crippen LogP contribution in [0.15, 0.2) is 0 Å². The summed E-state index contributed by atoms with van der Waals surface area (Å²) in [7, 11) is 4.25. The van der Waals surface area contributed by atoms with Crippen LogP contribution in [0.2, 0.25) is 0 Å². The van der Waals surface area contributed by atoms with Crippen LogP contribution in [0.1, 0.15) is 12.8 Å². The fourth-order valence-electron chi connectivity index (χ4n) is 2.80. The smallest absolute Gasteiger partial charge is 0.240 e. The van der Waals surface area contributed by atoms with E-state index >= 15 is 0 Å². The molecule has 0 saturated carbocycles. The van der Waals surface area contributed by atoms with Gasteiger partial charge in [-0.25, -0.2) is 0 Å². The van der Waals surface area contributed by atoms with Crippen molar-refractivity contribution in [2.45, 2.75) is 18.9 Å². The highest BCUT2D eigenvalue weighted by Crippen LogP contribution is 2.19. The van der Waals surface area contributed by atoms with Crippen LogP contribution in [0.25, 0.3) is 0 Å². The van der Waals surface area contributed by atoms with Gasteiger partial charge < -0.3 is 15.1 Å². The van der Waals surface area contributed by atoms with Crippen LogP contribution < -0.4 is 5.32 Å². The number of rotatable bonds is 3. The maximum Gasteiger partial charge on any atom is 0.240 e. The predicted octanol–water partition coefficient (Wildman–Crippen LogP) is 0.492. The number of nitrogens with zero attached hydrogens (tertiary/aromatic N) is 2. The van der Waals surface area contributed by atoms with Gasteiger partial charge in [0.05, 0.1) is 6.04 Å². The molecule has 0 aliphatic carbocycles. The third-order valence-corrected chi connectivity index (χ3v) is 4.83. The third-order valence-electron chi connectivity index (χ3n) is 3.77. The molecule has 2 aliphatic heterocycles. The Bertz CT molecular complexity index is 271. The lowest BCUT2D eigenvalue weighted by atomic mass is 9.96. The Labute approximate surface area is 114 Å². The van der Waals surface area contributed by atoms with E-state index in [1.54, 1.807) is 0 Å². The van der Waals surface area contributed by atoms with Gasteiger partial charge in [-0.3, -0.25) is 4.79 Å². The zero-order valence-electron chi connectivity index (χ0n) is 11.5. The molecule has 1 atom stereocenters. The lowest BCUT2D eigenvalue weighted by molar-refractivity contribution is -0.134. The van der Waals surface area contributed by atoms with Gasteiger partial charge in [0.1, 0.15) is 0 Å². The summed E-state index contributed by atoms with van der Waals surface area (Å²) in [5, 5.41) is 3.34. The highest BCUT2D eigenvalue weighted by molar-refractivity contribution is 7.99. The highest BCUT2D eigenvalue weighted by atomic mass is 32.2. The minimum Gasteiger partial charge on any atom is -0.341 e. The Morgan fingerprint density at radius 3 is 2.67 bits per heavy atom. The normalized spacial score (nSPS) is 26.6. The highest BCUT2D eigenvalue weighted by Gasteiger charge is 2.29. The van der Waals surface area contributed by atoms with Crippen LogP contribution in [0.5, 0.6) is 0 Å². The van der Waals surface area contributed by atoms with Gasteiger partial charge in [-0.15, -0.1) is 0 Å². The van der Waals surface area contributed by atoms with Gasteiger partial charge in [-0.2, -0.15) is 11.8 Å². The molecule has 2 aliphatic rings. The van der Waals surface area contributed by atoms with Crippen molar-refractivity contribution in [1.82, 2.24) is 15.1 Å². The predicted molar refractivity (Wildman–Crippen MR) is 77.0 cm³/mol. The Morgan fingerprint density at radius 1 is 1.39 bits per heavy atom. The number of thioether (sulfide) groups is 1. The Balaban J connectivity index is 1.76. The summed E-state index contributed by atoms with van der Waals surface area (Å²) in [5.41, 5.74) is 0. The molecule has 1 unspecified atom stereocenters. The number of nitrogens with one attached hydrogen (secondary N) is 1. The Kier molecular flexibility index (Phi) is 5.33. The van der Waals surface area contributed by atoms with Crippen molar-refractivity contribution < 1.29 is 4.79 Å². The molecule has 1 N–H and O–H groups in total. The molecule has 2 fully saturated rings. The summed E-state index contributed by atoms with van der Waals surface area (Å²) in [6.45, 7) is 4.01. The number of carbonyl (C=O) groups excluding carboxylic acids is 1. The monoisotopic (exact) mass is 271 g/mol. The van der Waals surface area contributed by atoms with E-state index < -0.39 is 0 Å². The first-order valence-corrected chi connectivity index (χ1v) is 8.07.